The van der Waals surface area contributed by atoms with Crippen LogP contribution in [0.4, 0.5) is 0 Å². The zero-order chi connectivity index (χ0) is 16.4. The lowest BCUT2D eigenvalue weighted by molar-refractivity contribution is 0.0248. The number of hydrogen-bond donors (Lipinski definition) is 1. The summed E-state index contributed by atoms with van der Waals surface area (Å²) >= 11 is 0. The molecule has 126 valence electrons. The summed E-state index contributed by atoms with van der Waals surface area (Å²) in [7, 11) is 0. The molecule has 0 spiro atoms. The van der Waals surface area contributed by atoms with E-state index < -0.39 is 0 Å². The molecule has 0 unspecified atom stereocenters. The maximum atomic E-state index is 13.0. The number of fused-ring (bicyclic) bond motifs is 1. The zero-order valence-electron chi connectivity index (χ0n) is 13.5. The summed E-state index contributed by atoms with van der Waals surface area (Å²) in [5, 5.41) is 4.21. The number of morpholine rings is 2. The fraction of sp³-hybridized carbons (Fsp3) is 0.444. The van der Waals surface area contributed by atoms with Crippen molar-refractivity contribution in [2.45, 2.75) is 6.10 Å². The molecule has 2 aliphatic rings. The van der Waals surface area contributed by atoms with Crippen molar-refractivity contribution >= 4 is 16.8 Å². The zero-order valence-corrected chi connectivity index (χ0v) is 13.5. The number of nitrogens with zero attached hydrogens (tertiary/aromatic N) is 2. The number of ether oxygens (including phenoxy) is 2. The van der Waals surface area contributed by atoms with Gasteiger partial charge >= 0.3 is 0 Å². The monoisotopic (exact) mass is 327 g/mol. The average Bonchev–Trinajstić information content (AvgIpc) is 2.68. The van der Waals surface area contributed by atoms with Gasteiger partial charge < -0.3 is 19.7 Å². The lowest BCUT2D eigenvalue weighted by atomic mass is 10.0. The number of rotatable bonds is 2. The number of para-hydroxylation sites is 1. The molecule has 6 nitrogen and oxygen atoms in total. The molecular weight excluding hydrogens is 306 g/mol. The highest BCUT2D eigenvalue weighted by Gasteiger charge is 2.24. The van der Waals surface area contributed by atoms with Gasteiger partial charge in [-0.25, -0.2) is 4.98 Å². The summed E-state index contributed by atoms with van der Waals surface area (Å²) in [6.45, 7) is 4.68. The second kappa shape index (κ2) is 6.84. The summed E-state index contributed by atoms with van der Waals surface area (Å²) in [6, 6.07) is 9.70. The van der Waals surface area contributed by atoms with Gasteiger partial charge in [-0.3, -0.25) is 4.79 Å². The Morgan fingerprint density at radius 1 is 1.21 bits per heavy atom. The van der Waals surface area contributed by atoms with Gasteiger partial charge in [0, 0.05) is 31.6 Å². The van der Waals surface area contributed by atoms with Gasteiger partial charge in [0.15, 0.2) is 0 Å². The molecule has 6 heteroatoms. The predicted molar refractivity (Wildman–Crippen MR) is 90.0 cm³/mol. The highest BCUT2D eigenvalue weighted by atomic mass is 16.5. The number of benzene rings is 1. The lowest BCUT2D eigenvalue weighted by Gasteiger charge is -2.28. The van der Waals surface area contributed by atoms with Gasteiger partial charge in [-0.05, 0) is 12.1 Å². The van der Waals surface area contributed by atoms with Crippen molar-refractivity contribution in [3.63, 3.8) is 0 Å². The second-order valence-electron chi connectivity index (χ2n) is 6.08. The van der Waals surface area contributed by atoms with Crippen LogP contribution in [-0.4, -0.2) is 61.8 Å². The van der Waals surface area contributed by atoms with Crippen molar-refractivity contribution in [1.82, 2.24) is 15.2 Å². The number of carbonyl (C=O) groups excluding carboxylic acids is 1. The Kier molecular flexibility index (Phi) is 4.42. The predicted octanol–water partition coefficient (Wildman–Crippen LogP) is 1.37. The van der Waals surface area contributed by atoms with E-state index in [0.29, 0.717) is 38.5 Å². The van der Waals surface area contributed by atoms with Crippen LogP contribution in [0.2, 0.25) is 0 Å². The Balaban J connectivity index is 1.75. The van der Waals surface area contributed by atoms with Crippen molar-refractivity contribution in [3.05, 3.63) is 41.6 Å². The van der Waals surface area contributed by atoms with Crippen molar-refractivity contribution < 1.29 is 14.3 Å². The summed E-state index contributed by atoms with van der Waals surface area (Å²) in [5.74, 6) is 0.0434. The summed E-state index contributed by atoms with van der Waals surface area (Å²) in [5.41, 5.74) is 2.35. The van der Waals surface area contributed by atoms with E-state index in [4.69, 9.17) is 14.5 Å². The van der Waals surface area contributed by atoms with Crippen LogP contribution in [0.5, 0.6) is 0 Å². The quantitative estimate of drug-likeness (QED) is 0.902. The van der Waals surface area contributed by atoms with Crippen molar-refractivity contribution in [1.29, 1.82) is 0 Å². The number of aromatic nitrogens is 1. The fourth-order valence-corrected chi connectivity index (χ4v) is 3.23. The third-order valence-electron chi connectivity index (χ3n) is 4.52. The number of amides is 1. The molecule has 2 saturated heterocycles. The van der Waals surface area contributed by atoms with Crippen molar-refractivity contribution in [2.75, 3.05) is 46.0 Å². The Morgan fingerprint density at radius 3 is 2.83 bits per heavy atom. The van der Waals surface area contributed by atoms with Crippen LogP contribution in [0.1, 0.15) is 22.2 Å². The molecule has 0 bridgehead atoms. The first-order valence-corrected chi connectivity index (χ1v) is 8.42. The Hall–Kier alpha value is -2.02. The smallest absolute Gasteiger partial charge is 0.254 e. The summed E-state index contributed by atoms with van der Waals surface area (Å²) < 4.78 is 11.2. The molecule has 1 aromatic heterocycles. The summed E-state index contributed by atoms with van der Waals surface area (Å²) in [6.07, 6.45) is -0.111. The lowest BCUT2D eigenvalue weighted by Crippen LogP contribution is -2.41. The molecule has 0 saturated carbocycles. The topological polar surface area (TPSA) is 63.7 Å². The molecule has 2 aliphatic heterocycles. The minimum atomic E-state index is -0.111. The van der Waals surface area contributed by atoms with Gasteiger partial charge in [0.05, 0.1) is 36.6 Å². The number of pyridine rings is 1. The number of nitrogens with one attached hydrogen (secondary N) is 1. The van der Waals surface area contributed by atoms with Crippen LogP contribution in [-0.2, 0) is 9.47 Å². The molecular formula is C18H21N3O3. The van der Waals surface area contributed by atoms with E-state index in [1.807, 2.05) is 35.2 Å². The normalized spacial score (nSPS) is 21.8. The van der Waals surface area contributed by atoms with Gasteiger partial charge in [-0.1, -0.05) is 18.2 Å². The Morgan fingerprint density at radius 2 is 2.04 bits per heavy atom. The van der Waals surface area contributed by atoms with Crippen LogP contribution in [0.15, 0.2) is 30.3 Å². The van der Waals surface area contributed by atoms with Gasteiger partial charge in [0.1, 0.15) is 6.10 Å². The molecule has 0 radical (unpaired) electrons. The van der Waals surface area contributed by atoms with E-state index in [1.165, 1.54) is 0 Å². The van der Waals surface area contributed by atoms with Crippen molar-refractivity contribution in [2.24, 2.45) is 0 Å². The second-order valence-corrected chi connectivity index (χ2v) is 6.08. The van der Waals surface area contributed by atoms with Crippen LogP contribution in [0.25, 0.3) is 10.9 Å². The van der Waals surface area contributed by atoms with Crippen molar-refractivity contribution in [3.8, 4) is 0 Å². The SMILES string of the molecule is O=C(c1cc([C@@H]2CNCCO2)nc2ccccc12)N1CCOCC1. The molecule has 2 fully saturated rings. The molecule has 4 rings (SSSR count). The molecule has 3 heterocycles. The van der Waals surface area contributed by atoms with E-state index in [0.717, 1.165) is 29.7 Å². The maximum Gasteiger partial charge on any atom is 0.254 e. The summed E-state index contributed by atoms with van der Waals surface area (Å²) in [4.78, 5) is 19.6. The third kappa shape index (κ3) is 3.00. The minimum Gasteiger partial charge on any atom is -0.378 e. The van der Waals surface area contributed by atoms with Crippen LogP contribution in [0, 0.1) is 0 Å². The largest absolute Gasteiger partial charge is 0.378 e. The van der Waals surface area contributed by atoms with E-state index >= 15 is 0 Å². The van der Waals surface area contributed by atoms with E-state index in [9.17, 15) is 4.79 Å². The molecule has 0 aliphatic carbocycles. The first kappa shape index (κ1) is 15.5. The molecule has 1 N–H and O–H groups in total. The Labute approximate surface area is 140 Å². The highest BCUT2D eigenvalue weighted by molar-refractivity contribution is 6.06. The van der Waals surface area contributed by atoms with Gasteiger partial charge in [0.25, 0.3) is 5.91 Å². The van der Waals surface area contributed by atoms with E-state index in [2.05, 4.69) is 5.32 Å². The molecule has 1 atom stereocenters. The molecule has 1 aromatic carbocycles. The van der Waals surface area contributed by atoms with Gasteiger partial charge in [-0.15, -0.1) is 0 Å². The van der Waals surface area contributed by atoms with Gasteiger partial charge in [0.2, 0.25) is 0 Å². The first-order valence-electron chi connectivity index (χ1n) is 8.42. The number of hydrogen-bond acceptors (Lipinski definition) is 5. The fourth-order valence-electron chi connectivity index (χ4n) is 3.23. The first-order chi connectivity index (χ1) is 11.8. The Bertz CT molecular complexity index is 737. The average molecular weight is 327 g/mol. The highest BCUT2D eigenvalue weighted by Crippen LogP contribution is 2.25. The third-order valence-corrected chi connectivity index (χ3v) is 4.52. The van der Waals surface area contributed by atoms with Crippen LogP contribution < -0.4 is 5.32 Å². The molecule has 2 aromatic rings. The van der Waals surface area contributed by atoms with E-state index in [-0.39, 0.29) is 12.0 Å². The van der Waals surface area contributed by atoms with E-state index in [1.54, 1.807) is 0 Å². The van der Waals surface area contributed by atoms with Gasteiger partial charge in [-0.2, -0.15) is 0 Å². The van der Waals surface area contributed by atoms with Crippen LogP contribution >= 0.6 is 0 Å². The standard InChI is InChI=1S/C18H21N3O3/c22-18(21-6-9-23-10-7-21)14-11-16(17-12-19-5-8-24-17)20-15-4-2-1-3-13(14)15/h1-4,11,17,19H,5-10,12H2/t17-/m0/s1. The number of carbonyl (C=O) groups is 1. The molecule has 24 heavy (non-hydrogen) atoms. The minimum absolute atomic E-state index is 0.0434. The van der Waals surface area contributed by atoms with Crippen LogP contribution in [0.3, 0.4) is 0 Å². The molecule has 1 amide bonds. The maximum absolute atomic E-state index is 13.0.